The average Bonchev–Trinajstić information content (AvgIpc) is 2.16. The van der Waals surface area contributed by atoms with Crippen LogP contribution in [0.15, 0.2) is 30.3 Å². The molecule has 0 aliphatic carbocycles. The van der Waals surface area contributed by atoms with E-state index in [9.17, 15) is 0 Å². The van der Waals surface area contributed by atoms with Crippen molar-refractivity contribution in [1.82, 2.24) is 0 Å². The molecule has 1 aromatic carbocycles. The molecule has 72 valence electrons. The fourth-order valence-corrected chi connectivity index (χ4v) is 1.72. The van der Waals surface area contributed by atoms with Gasteiger partial charge in [0.2, 0.25) is 0 Å². The van der Waals surface area contributed by atoms with Gasteiger partial charge in [0.05, 0.1) is 12.0 Å². The van der Waals surface area contributed by atoms with Crippen LogP contribution in [0, 0.1) is 0 Å². The van der Waals surface area contributed by atoms with Gasteiger partial charge in [0, 0.05) is 11.4 Å². The van der Waals surface area contributed by atoms with Crippen molar-refractivity contribution >= 4 is 17.4 Å². The second kappa shape index (κ2) is 5.89. The first-order chi connectivity index (χ1) is 6.33. The highest BCUT2D eigenvalue weighted by atomic mass is 32.2. The summed E-state index contributed by atoms with van der Waals surface area (Å²) in [6, 6.07) is 10.1. The van der Waals surface area contributed by atoms with Crippen LogP contribution in [0.5, 0.6) is 0 Å². The van der Waals surface area contributed by atoms with Gasteiger partial charge in [0.1, 0.15) is 0 Å². The van der Waals surface area contributed by atoms with E-state index in [1.165, 1.54) is 0 Å². The Morgan fingerprint density at radius 1 is 1.38 bits per heavy atom. The maximum Gasteiger partial charge on any atom is 0.0695 e. The number of aliphatic hydroxyl groups is 1. The van der Waals surface area contributed by atoms with Gasteiger partial charge in [-0.15, -0.1) is 11.8 Å². The molecule has 0 saturated heterocycles. The minimum Gasteiger partial charge on any atom is -0.396 e. The predicted molar refractivity (Wildman–Crippen MR) is 59.1 cm³/mol. The van der Waals surface area contributed by atoms with E-state index in [0.717, 1.165) is 11.4 Å². The Kier molecular flexibility index (Phi) is 4.72. The molecule has 0 aromatic heterocycles. The molecule has 0 bridgehead atoms. The highest BCUT2D eigenvalue weighted by Crippen LogP contribution is 2.14. The molecule has 0 saturated carbocycles. The number of thioether (sulfide) groups is 1. The van der Waals surface area contributed by atoms with Crippen molar-refractivity contribution in [2.45, 2.75) is 12.3 Å². The van der Waals surface area contributed by atoms with Crippen LogP contribution in [0.25, 0.3) is 0 Å². The van der Waals surface area contributed by atoms with E-state index in [1.54, 1.807) is 11.8 Å². The fourth-order valence-electron chi connectivity index (χ4n) is 1.04. The van der Waals surface area contributed by atoms with Crippen molar-refractivity contribution in [2.24, 2.45) is 0 Å². The number of hydrogen-bond donors (Lipinski definition) is 2. The van der Waals surface area contributed by atoms with Crippen molar-refractivity contribution in [3.05, 3.63) is 30.3 Å². The molecule has 0 amide bonds. The monoisotopic (exact) mass is 197 g/mol. The van der Waals surface area contributed by atoms with Crippen LogP contribution in [-0.2, 0) is 0 Å². The van der Waals surface area contributed by atoms with Crippen LogP contribution in [0.3, 0.4) is 0 Å². The summed E-state index contributed by atoms with van der Waals surface area (Å²) in [7, 11) is 0. The molecule has 2 N–H and O–H groups in total. The summed E-state index contributed by atoms with van der Waals surface area (Å²) >= 11 is 1.71. The van der Waals surface area contributed by atoms with Gasteiger partial charge in [-0.1, -0.05) is 18.2 Å². The SMILES string of the molecule is CC(Nc1ccccc1)SCCO. The lowest BCUT2D eigenvalue weighted by atomic mass is 10.3. The van der Waals surface area contributed by atoms with Crippen LogP contribution in [0.2, 0.25) is 0 Å². The lowest BCUT2D eigenvalue weighted by Crippen LogP contribution is -2.11. The van der Waals surface area contributed by atoms with Crippen molar-refractivity contribution in [1.29, 1.82) is 0 Å². The molecule has 0 aliphatic rings. The van der Waals surface area contributed by atoms with Gasteiger partial charge in [-0.25, -0.2) is 0 Å². The van der Waals surface area contributed by atoms with Crippen molar-refractivity contribution < 1.29 is 5.11 Å². The summed E-state index contributed by atoms with van der Waals surface area (Å²) in [6.45, 7) is 2.33. The maximum absolute atomic E-state index is 8.63. The van der Waals surface area contributed by atoms with Gasteiger partial charge in [-0.2, -0.15) is 0 Å². The molecule has 3 heteroatoms. The highest BCUT2D eigenvalue weighted by molar-refractivity contribution is 7.99. The number of aliphatic hydroxyl groups excluding tert-OH is 1. The molecule has 1 aromatic rings. The van der Waals surface area contributed by atoms with Crippen molar-refractivity contribution in [3.8, 4) is 0 Å². The second-order valence-corrected chi connectivity index (χ2v) is 4.20. The molecule has 1 unspecified atom stereocenters. The maximum atomic E-state index is 8.63. The van der Waals surface area contributed by atoms with Gasteiger partial charge in [-0.3, -0.25) is 0 Å². The second-order valence-electron chi connectivity index (χ2n) is 2.75. The molecule has 0 spiro atoms. The predicted octanol–water partition coefficient (Wildman–Crippen LogP) is 2.17. The standard InChI is InChI=1S/C10H15NOS/c1-9(13-8-7-12)11-10-5-3-2-4-6-10/h2-6,9,11-12H,7-8H2,1H3. The number of benzene rings is 1. The number of para-hydroxylation sites is 1. The Morgan fingerprint density at radius 3 is 2.69 bits per heavy atom. The van der Waals surface area contributed by atoms with E-state index in [0.29, 0.717) is 5.37 Å². The zero-order valence-electron chi connectivity index (χ0n) is 7.73. The molecule has 0 aliphatic heterocycles. The first kappa shape index (κ1) is 10.4. The summed E-state index contributed by atoms with van der Waals surface area (Å²) in [4.78, 5) is 0. The number of rotatable bonds is 5. The van der Waals surface area contributed by atoms with Gasteiger partial charge < -0.3 is 10.4 Å². The topological polar surface area (TPSA) is 32.3 Å². The van der Waals surface area contributed by atoms with E-state index in [2.05, 4.69) is 12.2 Å². The molecule has 2 nitrogen and oxygen atoms in total. The van der Waals surface area contributed by atoms with E-state index in [4.69, 9.17) is 5.11 Å². The van der Waals surface area contributed by atoms with Gasteiger partial charge in [0.15, 0.2) is 0 Å². The van der Waals surface area contributed by atoms with Gasteiger partial charge in [0.25, 0.3) is 0 Å². The molecule has 0 heterocycles. The Labute approximate surface area is 83.4 Å². The number of nitrogens with one attached hydrogen (secondary N) is 1. The first-order valence-electron chi connectivity index (χ1n) is 4.37. The summed E-state index contributed by atoms with van der Waals surface area (Å²) in [5, 5.41) is 12.3. The van der Waals surface area contributed by atoms with Crippen LogP contribution >= 0.6 is 11.8 Å². The van der Waals surface area contributed by atoms with Gasteiger partial charge >= 0.3 is 0 Å². The smallest absolute Gasteiger partial charge is 0.0695 e. The lowest BCUT2D eigenvalue weighted by molar-refractivity contribution is 0.322. The fraction of sp³-hybridized carbons (Fsp3) is 0.400. The van der Waals surface area contributed by atoms with Crippen LogP contribution in [0.4, 0.5) is 5.69 Å². The molecule has 0 fully saturated rings. The Hall–Kier alpha value is -0.670. The highest BCUT2D eigenvalue weighted by Gasteiger charge is 2.00. The Bertz CT molecular complexity index is 228. The van der Waals surface area contributed by atoms with Crippen LogP contribution in [0.1, 0.15) is 6.92 Å². The minimum atomic E-state index is 0.242. The van der Waals surface area contributed by atoms with Crippen molar-refractivity contribution in [2.75, 3.05) is 17.7 Å². The first-order valence-corrected chi connectivity index (χ1v) is 5.42. The van der Waals surface area contributed by atoms with E-state index in [-0.39, 0.29) is 6.61 Å². The van der Waals surface area contributed by atoms with E-state index < -0.39 is 0 Å². The third kappa shape index (κ3) is 4.20. The minimum absolute atomic E-state index is 0.242. The average molecular weight is 197 g/mol. The molecule has 0 radical (unpaired) electrons. The van der Waals surface area contributed by atoms with E-state index >= 15 is 0 Å². The Morgan fingerprint density at radius 2 is 2.08 bits per heavy atom. The zero-order chi connectivity index (χ0) is 9.52. The van der Waals surface area contributed by atoms with Crippen molar-refractivity contribution in [3.63, 3.8) is 0 Å². The zero-order valence-corrected chi connectivity index (χ0v) is 8.55. The summed E-state index contributed by atoms with van der Waals surface area (Å²) < 4.78 is 0. The third-order valence-corrected chi connectivity index (χ3v) is 2.64. The van der Waals surface area contributed by atoms with E-state index in [1.807, 2.05) is 30.3 Å². The lowest BCUT2D eigenvalue weighted by Gasteiger charge is -2.13. The Balaban J connectivity index is 2.32. The molecular formula is C10H15NOS. The van der Waals surface area contributed by atoms with Gasteiger partial charge in [-0.05, 0) is 19.1 Å². The quantitative estimate of drug-likeness (QED) is 0.710. The third-order valence-electron chi connectivity index (χ3n) is 1.60. The number of anilines is 1. The summed E-state index contributed by atoms with van der Waals surface area (Å²) in [5.74, 6) is 0.779. The molecular weight excluding hydrogens is 182 g/mol. The number of hydrogen-bond acceptors (Lipinski definition) is 3. The van der Waals surface area contributed by atoms with Crippen LogP contribution < -0.4 is 5.32 Å². The van der Waals surface area contributed by atoms with Crippen LogP contribution in [-0.4, -0.2) is 22.8 Å². The molecule has 1 atom stereocenters. The molecule has 1 rings (SSSR count). The summed E-state index contributed by atoms with van der Waals surface area (Å²) in [5.41, 5.74) is 1.13. The largest absolute Gasteiger partial charge is 0.396 e. The molecule has 13 heavy (non-hydrogen) atoms. The normalized spacial score (nSPS) is 12.5. The summed E-state index contributed by atoms with van der Waals surface area (Å²) in [6.07, 6.45) is 0.